The van der Waals surface area contributed by atoms with E-state index >= 15 is 0 Å². The Morgan fingerprint density at radius 3 is 2.62 bits per heavy atom. The minimum atomic E-state index is -3.48. The van der Waals surface area contributed by atoms with Gasteiger partial charge in [-0.25, -0.2) is 8.42 Å². The molecule has 7 nitrogen and oxygen atoms in total. The van der Waals surface area contributed by atoms with Gasteiger partial charge in [-0.2, -0.15) is 0 Å². The third-order valence-corrected chi connectivity index (χ3v) is 5.67. The molecule has 0 saturated heterocycles. The molecule has 0 radical (unpaired) electrons. The number of amides is 1. The van der Waals surface area contributed by atoms with E-state index in [1.54, 1.807) is 25.2 Å². The van der Waals surface area contributed by atoms with Crippen LogP contribution in [0.1, 0.15) is 22.3 Å². The fourth-order valence-corrected chi connectivity index (χ4v) is 4.00. The van der Waals surface area contributed by atoms with Crippen molar-refractivity contribution in [1.29, 1.82) is 0 Å². The summed E-state index contributed by atoms with van der Waals surface area (Å²) >= 11 is 0. The van der Waals surface area contributed by atoms with Gasteiger partial charge in [0.05, 0.1) is 24.1 Å². The number of ether oxygens (including phenoxy) is 1. The molecule has 1 heterocycles. The molecule has 0 bridgehead atoms. The van der Waals surface area contributed by atoms with E-state index in [4.69, 9.17) is 9.15 Å². The second kappa shape index (κ2) is 9.11. The van der Waals surface area contributed by atoms with E-state index in [0.29, 0.717) is 41.9 Å². The van der Waals surface area contributed by atoms with Crippen molar-refractivity contribution in [1.82, 2.24) is 5.32 Å². The van der Waals surface area contributed by atoms with Crippen molar-refractivity contribution in [2.75, 3.05) is 30.8 Å². The van der Waals surface area contributed by atoms with Gasteiger partial charge in [-0.1, -0.05) is 30.3 Å². The number of rotatable bonds is 9. The van der Waals surface area contributed by atoms with Crippen LogP contribution in [0.25, 0.3) is 11.0 Å². The van der Waals surface area contributed by atoms with Crippen LogP contribution in [0.2, 0.25) is 0 Å². The van der Waals surface area contributed by atoms with Crippen molar-refractivity contribution in [2.45, 2.75) is 13.0 Å². The zero-order valence-electron chi connectivity index (χ0n) is 16.4. The lowest BCUT2D eigenvalue weighted by molar-refractivity contribution is 0.0964. The van der Waals surface area contributed by atoms with E-state index in [1.807, 2.05) is 30.3 Å². The van der Waals surface area contributed by atoms with Crippen LogP contribution < -0.4 is 9.62 Å². The fraction of sp³-hybridized carbons (Fsp3) is 0.286. The van der Waals surface area contributed by atoms with Crippen LogP contribution in [0.4, 0.5) is 5.69 Å². The SMILES string of the molecule is CNC(=O)c1coc2cc(N(CCCOCc3ccccc3)S(C)(=O)=O)ccc12. The highest BCUT2D eigenvalue weighted by Gasteiger charge is 2.19. The Morgan fingerprint density at radius 2 is 1.93 bits per heavy atom. The molecule has 1 amide bonds. The van der Waals surface area contributed by atoms with Crippen LogP contribution in [-0.4, -0.2) is 40.8 Å². The molecular formula is C21H24N2O5S. The number of hydrogen-bond acceptors (Lipinski definition) is 5. The van der Waals surface area contributed by atoms with Gasteiger partial charge in [-0.15, -0.1) is 0 Å². The first kappa shape index (κ1) is 20.9. The molecule has 3 aromatic rings. The molecule has 8 heteroatoms. The molecule has 3 rings (SSSR count). The zero-order chi connectivity index (χ0) is 20.9. The highest BCUT2D eigenvalue weighted by molar-refractivity contribution is 7.92. The van der Waals surface area contributed by atoms with Crippen molar-refractivity contribution in [3.05, 3.63) is 65.9 Å². The Kier molecular flexibility index (Phi) is 6.56. The molecule has 0 saturated carbocycles. The number of furan rings is 1. The van der Waals surface area contributed by atoms with Gasteiger partial charge in [0.15, 0.2) is 0 Å². The van der Waals surface area contributed by atoms with Crippen LogP contribution in [-0.2, 0) is 21.4 Å². The minimum Gasteiger partial charge on any atom is -0.463 e. The van der Waals surface area contributed by atoms with Crippen LogP contribution in [0.5, 0.6) is 0 Å². The minimum absolute atomic E-state index is 0.257. The van der Waals surface area contributed by atoms with Crippen molar-refractivity contribution >= 4 is 32.6 Å². The summed E-state index contributed by atoms with van der Waals surface area (Å²) in [4.78, 5) is 11.9. The zero-order valence-corrected chi connectivity index (χ0v) is 17.2. The third kappa shape index (κ3) is 5.16. The van der Waals surface area contributed by atoms with E-state index in [0.717, 1.165) is 5.56 Å². The molecule has 2 aromatic carbocycles. The molecular weight excluding hydrogens is 392 g/mol. The van der Waals surface area contributed by atoms with Gasteiger partial charge in [0.25, 0.3) is 5.91 Å². The van der Waals surface area contributed by atoms with Crippen LogP contribution in [0.15, 0.2) is 59.2 Å². The van der Waals surface area contributed by atoms with Crippen LogP contribution >= 0.6 is 0 Å². The summed E-state index contributed by atoms with van der Waals surface area (Å²) in [5.74, 6) is -0.257. The summed E-state index contributed by atoms with van der Waals surface area (Å²) in [5.41, 5.74) is 2.42. The van der Waals surface area contributed by atoms with Crippen molar-refractivity contribution in [3.63, 3.8) is 0 Å². The summed E-state index contributed by atoms with van der Waals surface area (Å²) in [6, 6.07) is 14.8. The largest absolute Gasteiger partial charge is 0.463 e. The summed E-state index contributed by atoms with van der Waals surface area (Å²) in [6.45, 7) is 1.20. The third-order valence-electron chi connectivity index (χ3n) is 4.48. The lowest BCUT2D eigenvalue weighted by atomic mass is 10.1. The van der Waals surface area contributed by atoms with Gasteiger partial charge in [-0.05, 0) is 24.1 Å². The van der Waals surface area contributed by atoms with Gasteiger partial charge in [-0.3, -0.25) is 9.10 Å². The number of nitrogens with one attached hydrogen (secondary N) is 1. The molecule has 0 aliphatic carbocycles. The Morgan fingerprint density at radius 1 is 1.17 bits per heavy atom. The predicted molar refractivity (Wildman–Crippen MR) is 113 cm³/mol. The molecule has 0 atom stereocenters. The average molecular weight is 416 g/mol. The summed E-state index contributed by atoms with van der Waals surface area (Å²) in [5, 5.41) is 3.19. The number of hydrogen-bond donors (Lipinski definition) is 1. The summed E-state index contributed by atoms with van der Waals surface area (Å²) < 4.78 is 37.0. The van der Waals surface area contributed by atoms with E-state index in [-0.39, 0.29) is 12.5 Å². The number of benzene rings is 2. The smallest absolute Gasteiger partial charge is 0.254 e. The number of anilines is 1. The number of nitrogens with zero attached hydrogens (tertiary/aromatic N) is 1. The topological polar surface area (TPSA) is 88.8 Å². The Balaban J connectivity index is 1.68. The van der Waals surface area contributed by atoms with Gasteiger partial charge in [0.1, 0.15) is 11.8 Å². The fourth-order valence-electron chi connectivity index (χ4n) is 3.04. The van der Waals surface area contributed by atoms with Crippen molar-refractivity contribution in [3.8, 4) is 0 Å². The second-order valence-corrected chi connectivity index (χ2v) is 8.54. The second-order valence-electron chi connectivity index (χ2n) is 6.64. The first-order chi connectivity index (χ1) is 13.9. The Labute approximate surface area is 170 Å². The van der Waals surface area contributed by atoms with E-state index in [9.17, 15) is 13.2 Å². The van der Waals surface area contributed by atoms with Crippen molar-refractivity contribution in [2.24, 2.45) is 0 Å². The van der Waals surface area contributed by atoms with E-state index in [1.165, 1.54) is 16.8 Å². The summed E-state index contributed by atoms with van der Waals surface area (Å²) in [7, 11) is -1.94. The number of fused-ring (bicyclic) bond motifs is 1. The molecule has 0 unspecified atom stereocenters. The summed E-state index contributed by atoms with van der Waals surface area (Å²) in [6.07, 6.45) is 3.08. The van der Waals surface area contributed by atoms with Gasteiger partial charge in [0.2, 0.25) is 10.0 Å². The molecule has 154 valence electrons. The molecule has 0 spiro atoms. The maximum absolute atomic E-state index is 12.3. The van der Waals surface area contributed by atoms with Crippen LogP contribution in [0.3, 0.4) is 0 Å². The molecule has 1 N–H and O–H groups in total. The Bertz CT molecular complexity index is 1080. The van der Waals surface area contributed by atoms with Gasteiger partial charge < -0.3 is 14.5 Å². The monoisotopic (exact) mass is 416 g/mol. The number of sulfonamides is 1. The number of carbonyl (C=O) groups is 1. The van der Waals surface area contributed by atoms with E-state index in [2.05, 4.69) is 5.32 Å². The highest BCUT2D eigenvalue weighted by Crippen LogP contribution is 2.27. The van der Waals surface area contributed by atoms with Gasteiger partial charge >= 0.3 is 0 Å². The number of carbonyl (C=O) groups excluding carboxylic acids is 1. The highest BCUT2D eigenvalue weighted by atomic mass is 32.2. The molecule has 0 fully saturated rings. The van der Waals surface area contributed by atoms with Crippen LogP contribution in [0, 0.1) is 0 Å². The first-order valence-corrected chi connectivity index (χ1v) is 11.1. The lowest BCUT2D eigenvalue weighted by Crippen LogP contribution is -2.31. The standard InChI is InChI=1S/C21H24N2O5S/c1-22-21(24)19-15-28-20-13-17(9-10-18(19)20)23(29(2,25)26)11-6-12-27-14-16-7-4-3-5-8-16/h3-5,7-10,13,15H,6,11-12,14H2,1-2H3,(H,22,24). The Hall–Kier alpha value is -2.84. The quantitative estimate of drug-likeness (QED) is 0.541. The normalized spacial score (nSPS) is 11.5. The molecule has 1 aromatic heterocycles. The lowest BCUT2D eigenvalue weighted by Gasteiger charge is -2.22. The van der Waals surface area contributed by atoms with Crippen molar-refractivity contribution < 1.29 is 22.4 Å². The van der Waals surface area contributed by atoms with Gasteiger partial charge in [0, 0.05) is 31.7 Å². The maximum Gasteiger partial charge on any atom is 0.254 e. The maximum atomic E-state index is 12.3. The van der Waals surface area contributed by atoms with E-state index < -0.39 is 10.0 Å². The molecule has 0 aliphatic rings. The molecule has 29 heavy (non-hydrogen) atoms. The molecule has 0 aliphatic heterocycles. The predicted octanol–water partition coefficient (Wildman–Crippen LogP) is 3.17. The first-order valence-electron chi connectivity index (χ1n) is 9.23. The average Bonchev–Trinajstić information content (AvgIpc) is 3.13.